The number of nitro benzene ring substituents is 1. The van der Waals surface area contributed by atoms with Crippen molar-refractivity contribution in [3.63, 3.8) is 0 Å². The van der Waals surface area contributed by atoms with Gasteiger partial charge in [0, 0.05) is 23.7 Å². The van der Waals surface area contributed by atoms with Crippen LogP contribution < -0.4 is 5.32 Å². The number of hydrogen-bond acceptors (Lipinski definition) is 4. The third-order valence-corrected chi connectivity index (χ3v) is 2.24. The number of amidine groups is 1. The summed E-state index contributed by atoms with van der Waals surface area (Å²) in [5.41, 5.74) is 0.866. The Balaban J connectivity index is 2.29. The Morgan fingerprint density at radius 3 is 3.00 bits per heavy atom. The quantitative estimate of drug-likeness (QED) is 0.585. The molecule has 0 amide bonds. The minimum absolute atomic E-state index is 0.0940. The molecule has 2 rings (SSSR count). The summed E-state index contributed by atoms with van der Waals surface area (Å²) < 4.78 is 0. The summed E-state index contributed by atoms with van der Waals surface area (Å²) in [4.78, 5) is 14.4. The highest BCUT2D eigenvalue weighted by Gasteiger charge is 2.16. The number of nitro groups is 1. The highest BCUT2D eigenvalue weighted by Crippen LogP contribution is 2.14. The van der Waals surface area contributed by atoms with Crippen LogP contribution in [0.2, 0.25) is 0 Å². The molecule has 0 radical (unpaired) electrons. The smallest absolute Gasteiger partial charge is 0.270 e. The van der Waals surface area contributed by atoms with E-state index in [2.05, 4.69) is 10.3 Å². The topological polar surface area (TPSA) is 67.5 Å². The molecule has 1 aliphatic rings. The number of aliphatic imine (C=N–C) groups is 1. The minimum Gasteiger partial charge on any atom is -0.366 e. The van der Waals surface area contributed by atoms with E-state index in [4.69, 9.17) is 0 Å². The Morgan fingerprint density at radius 2 is 2.40 bits per heavy atom. The number of nitrogens with one attached hydrogen (secondary N) is 1. The summed E-state index contributed by atoms with van der Waals surface area (Å²) in [5, 5.41) is 13.7. The Kier molecular flexibility index (Phi) is 2.37. The van der Waals surface area contributed by atoms with Gasteiger partial charge in [-0.15, -0.1) is 0 Å². The van der Waals surface area contributed by atoms with E-state index in [1.165, 1.54) is 12.1 Å². The zero-order valence-corrected chi connectivity index (χ0v) is 8.30. The molecule has 0 bridgehead atoms. The first kappa shape index (κ1) is 9.64. The molecule has 0 saturated carbocycles. The average Bonchev–Trinajstić information content (AvgIpc) is 2.65. The van der Waals surface area contributed by atoms with Gasteiger partial charge in [-0.25, -0.2) is 0 Å². The van der Waals surface area contributed by atoms with Crippen molar-refractivity contribution in [2.45, 2.75) is 13.0 Å². The lowest BCUT2D eigenvalue weighted by Gasteiger charge is -2.05. The predicted octanol–water partition coefficient (Wildman–Crippen LogP) is 1.33. The lowest BCUT2D eigenvalue weighted by Crippen LogP contribution is -2.27. The van der Waals surface area contributed by atoms with Gasteiger partial charge in [0.05, 0.1) is 11.5 Å². The van der Waals surface area contributed by atoms with Gasteiger partial charge in [-0.05, 0) is 6.92 Å². The zero-order chi connectivity index (χ0) is 10.8. The molecule has 1 aliphatic heterocycles. The SMILES string of the molecule is CC1CN=C(c2cccc([N+](=O)[O-])c2)N1. The third kappa shape index (κ3) is 1.96. The Labute approximate surface area is 87.0 Å². The molecular formula is C10H11N3O2. The number of non-ortho nitro benzene ring substituents is 1. The molecule has 1 N–H and O–H groups in total. The molecule has 0 saturated heterocycles. The summed E-state index contributed by atoms with van der Waals surface area (Å²) >= 11 is 0. The largest absolute Gasteiger partial charge is 0.366 e. The van der Waals surface area contributed by atoms with E-state index >= 15 is 0 Å². The number of rotatable bonds is 2. The first-order valence-corrected chi connectivity index (χ1v) is 4.72. The zero-order valence-electron chi connectivity index (χ0n) is 8.30. The fraction of sp³-hybridized carbons (Fsp3) is 0.300. The molecule has 0 aliphatic carbocycles. The van der Waals surface area contributed by atoms with Gasteiger partial charge < -0.3 is 5.32 Å². The highest BCUT2D eigenvalue weighted by atomic mass is 16.6. The minimum atomic E-state index is -0.400. The van der Waals surface area contributed by atoms with Gasteiger partial charge in [-0.3, -0.25) is 15.1 Å². The van der Waals surface area contributed by atoms with Crippen molar-refractivity contribution in [2.24, 2.45) is 4.99 Å². The van der Waals surface area contributed by atoms with Crippen LogP contribution in [0, 0.1) is 10.1 Å². The van der Waals surface area contributed by atoms with Crippen molar-refractivity contribution in [1.29, 1.82) is 0 Å². The maximum Gasteiger partial charge on any atom is 0.270 e. The van der Waals surface area contributed by atoms with Crippen LogP contribution in [-0.4, -0.2) is 23.3 Å². The van der Waals surface area contributed by atoms with Crippen LogP contribution in [0.1, 0.15) is 12.5 Å². The van der Waals surface area contributed by atoms with Gasteiger partial charge in [0.1, 0.15) is 5.84 Å². The highest BCUT2D eigenvalue weighted by molar-refractivity contribution is 6.00. The van der Waals surface area contributed by atoms with Crippen LogP contribution in [0.25, 0.3) is 0 Å². The molecule has 0 spiro atoms. The lowest BCUT2D eigenvalue weighted by atomic mass is 10.2. The van der Waals surface area contributed by atoms with Crippen molar-refractivity contribution < 1.29 is 4.92 Å². The van der Waals surface area contributed by atoms with Crippen LogP contribution in [0.5, 0.6) is 0 Å². The maximum absolute atomic E-state index is 10.6. The molecule has 5 heteroatoms. The summed E-state index contributed by atoms with van der Waals surface area (Å²) in [7, 11) is 0. The van der Waals surface area contributed by atoms with Gasteiger partial charge >= 0.3 is 0 Å². The molecule has 0 aromatic heterocycles. The molecule has 5 nitrogen and oxygen atoms in total. The molecule has 1 aromatic carbocycles. The van der Waals surface area contributed by atoms with Gasteiger partial charge in [-0.1, -0.05) is 12.1 Å². The standard InChI is InChI=1S/C10H11N3O2/c1-7-6-11-10(12-7)8-3-2-4-9(5-8)13(14)15/h2-5,7H,6H2,1H3,(H,11,12). The van der Waals surface area contributed by atoms with Gasteiger partial charge in [0.15, 0.2) is 0 Å². The average molecular weight is 205 g/mol. The first-order valence-electron chi connectivity index (χ1n) is 4.72. The van der Waals surface area contributed by atoms with E-state index < -0.39 is 4.92 Å². The number of benzene rings is 1. The second-order valence-electron chi connectivity index (χ2n) is 3.54. The Morgan fingerprint density at radius 1 is 1.60 bits per heavy atom. The normalized spacial score (nSPS) is 19.5. The van der Waals surface area contributed by atoms with Crippen molar-refractivity contribution >= 4 is 11.5 Å². The van der Waals surface area contributed by atoms with Crippen molar-refractivity contribution in [3.05, 3.63) is 39.9 Å². The van der Waals surface area contributed by atoms with E-state index in [9.17, 15) is 10.1 Å². The molecule has 0 fully saturated rings. The first-order chi connectivity index (χ1) is 7.16. The molecule has 1 atom stereocenters. The maximum atomic E-state index is 10.6. The molecule has 1 aromatic rings. The van der Waals surface area contributed by atoms with E-state index in [0.717, 1.165) is 17.9 Å². The molecule has 15 heavy (non-hydrogen) atoms. The van der Waals surface area contributed by atoms with Gasteiger partial charge in [-0.2, -0.15) is 0 Å². The van der Waals surface area contributed by atoms with E-state index in [1.54, 1.807) is 6.07 Å². The predicted molar refractivity (Wildman–Crippen MR) is 57.1 cm³/mol. The fourth-order valence-corrected chi connectivity index (χ4v) is 1.49. The van der Waals surface area contributed by atoms with Crippen LogP contribution in [0.4, 0.5) is 5.69 Å². The van der Waals surface area contributed by atoms with Crippen LogP contribution >= 0.6 is 0 Å². The lowest BCUT2D eigenvalue weighted by molar-refractivity contribution is -0.384. The summed E-state index contributed by atoms with van der Waals surface area (Å²) in [6.07, 6.45) is 0. The second kappa shape index (κ2) is 3.68. The summed E-state index contributed by atoms with van der Waals surface area (Å²) in [6, 6.07) is 6.79. The van der Waals surface area contributed by atoms with Crippen LogP contribution in [-0.2, 0) is 0 Å². The van der Waals surface area contributed by atoms with Crippen molar-refractivity contribution in [2.75, 3.05) is 6.54 Å². The third-order valence-electron chi connectivity index (χ3n) is 2.24. The van der Waals surface area contributed by atoms with Gasteiger partial charge in [0.25, 0.3) is 5.69 Å². The second-order valence-corrected chi connectivity index (χ2v) is 3.54. The van der Waals surface area contributed by atoms with E-state index in [-0.39, 0.29) is 5.69 Å². The van der Waals surface area contributed by atoms with Crippen LogP contribution in [0.15, 0.2) is 29.3 Å². The van der Waals surface area contributed by atoms with Gasteiger partial charge in [0.2, 0.25) is 0 Å². The Hall–Kier alpha value is -1.91. The van der Waals surface area contributed by atoms with Crippen molar-refractivity contribution in [1.82, 2.24) is 5.32 Å². The van der Waals surface area contributed by atoms with Crippen LogP contribution in [0.3, 0.4) is 0 Å². The van der Waals surface area contributed by atoms with E-state index in [1.807, 2.05) is 13.0 Å². The van der Waals surface area contributed by atoms with E-state index in [0.29, 0.717) is 6.04 Å². The number of hydrogen-bond donors (Lipinski definition) is 1. The molecular weight excluding hydrogens is 194 g/mol. The fourth-order valence-electron chi connectivity index (χ4n) is 1.49. The van der Waals surface area contributed by atoms with Crippen molar-refractivity contribution in [3.8, 4) is 0 Å². The summed E-state index contributed by atoms with van der Waals surface area (Å²) in [5.74, 6) is 0.742. The molecule has 78 valence electrons. The Bertz CT molecular complexity index is 428. The number of nitrogens with zero attached hydrogens (tertiary/aromatic N) is 2. The monoisotopic (exact) mass is 205 g/mol. The molecule has 1 heterocycles. The summed E-state index contributed by atoms with van der Waals surface area (Å²) in [6.45, 7) is 2.74. The molecule has 1 unspecified atom stereocenters.